The highest BCUT2D eigenvalue weighted by molar-refractivity contribution is 5.98. The number of carbonyl (C=O) groups excluding carboxylic acids is 1. The van der Waals surface area contributed by atoms with Gasteiger partial charge in [0.1, 0.15) is 0 Å². The lowest BCUT2D eigenvalue weighted by Gasteiger charge is -2.26. The number of morpholine rings is 1. The molecule has 3 rings (SSSR count). The number of aromatic nitrogens is 1. The van der Waals surface area contributed by atoms with Crippen LogP contribution in [0.4, 0.5) is 4.39 Å². The average Bonchev–Trinajstić information content (AvgIpc) is 3.01. The maximum atomic E-state index is 12.7. The van der Waals surface area contributed by atoms with Crippen molar-refractivity contribution in [1.29, 1.82) is 0 Å². The SMILES string of the molecule is NC/C(=C\F)Cn1ccc2cc(C(=O)N3CCOCC3)ccc21. The third-order valence-corrected chi connectivity index (χ3v) is 4.11. The fourth-order valence-corrected chi connectivity index (χ4v) is 2.78. The number of nitrogens with zero attached hydrogens (tertiary/aromatic N) is 2. The number of amides is 1. The number of carbonyl (C=O) groups is 1. The van der Waals surface area contributed by atoms with Crippen LogP contribution in [0.25, 0.3) is 10.9 Å². The maximum Gasteiger partial charge on any atom is 0.254 e. The summed E-state index contributed by atoms with van der Waals surface area (Å²) in [6, 6.07) is 7.52. The van der Waals surface area contributed by atoms with Crippen LogP contribution in [0.3, 0.4) is 0 Å². The molecule has 1 fully saturated rings. The quantitative estimate of drug-likeness (QED) is 0.937. The third-order valence-electron chi connectivity index (χ3n) is 4.11. The molecule has 0 atom stereocenters. The van der Waals surface area contributed by atoms with Crippen molar-refractivity contribution in [3.05, 3.63) is 47.9 Å². The summed E-state index contributed by atoms with van der Waals surface area (Å²) in [5, 5.41) is 0.958. The first-order valence-electron chi connectivity index (χ1n) is 7.67. The van der Waals surface area contributed by atoms with E-state index in [0.717, 1.165) is 10.9 Å². The van der Waals surface area contributed by atoms with Gasteiger partial charge in [0.25, 0.3) is 5.91 Å². The van der Waals surface area contributed by atoms with E-state index in [1.807, 2.05) is 35.0 Å². The molecule has 23 heavy (non-hydrogen) atoms. The monoisotopic (exact) mass is 317 g/mol. The summed E-state index contributed by atoms with van der Waals surface area (Å²) in [6.07, 6.45) is 2.44. The second kappa shape index (κ2) is 6.93. The van der Waals surface area contributed by atoms with E-state index >= 15 is 0 Å². The Hall–Kier alpha value is -2.18. The van der Waals surface area contributed by atoms with Gasteiger partial charge in [-0.3, -0.25) is 4.79 Å². The van der Waals surface area contributed by atoms with Crippen LogP contribution in [0, 0.1) is 0 Å². The zero-order valence-electron chi connectivity index (χ0n) is 12.9. The number of rotatable bonds is 4. The van der Waals surface area contributed by atoms with Crippen molar-refractivity contribution >= 4 is 16.8 Å². The summed E-state index contributed by atoms with van der Waals surface area (Å²) < 4.78 is 19.9. The number of fused-ring (bicyclic) bond motifs is 1. The molecule has 2 aromatic rings. The van der Waals surface area contributed by atoms with Crippen molar-refractivity contribution in [3.63, 3.8) is 0 Å². The molecule has 1 amide bonds. The second-order valence-electron chi connectivity index (χ2n) is 5.59. The summed E-state index contributed by atoms with van der Waals surface area (Å²) in [4.78, 5) is 14.3. The van der Waals surface area contributed by atoms with E-state index < -0.39 is 0 Å². The molecular weight excluding hydrogens is 297 g/mol. The summed E-state index contributed by atoms with van der Waals surface area (Å²) in [5.41, 5.74) is 7.65. The molecule has 0 bridgehead atoms. The Morgan fingerprint density at radius 1 is 1.30 bits per heavy atom. The van der Waals surface area contributed by atoms with Gasteiger partial charge in [0.05, 0.1) is 19.5 Å². The molecule has 2 N–H and O–H groups in total. The minimum absolute atomic E-state index is 0.0225. The number of ether oxygens (including phenoxy) is 1. The smallest absolute Gasteiger partial charge is 0.254 e. The molecule has 0 aliphatic carbocycles. The molecule has 0 unspecified atom stereocenters. The summed E-state index contributed by atoms with van der Waals surface area (Å²) in [6.45, 7) is 3.01. The Labute approximate surface area is 134 Å². The molecule has 2 heterocycles. The van der Waals surface area contributed by atoms with Gasteiger partial charge in [-0.15, -0.1) is 0 Å². The molecule has 1 aliphatic heterocycles. The highest BCUT2D eigenvalue weighted by atomic mass is 19.1. The fourth-order valence-electron chi connectivity index (χ4n) is 2.78. The molecule has 122 valence electrons. The first-order chi connectivity index (χ1) is 11.2. The maximum absolute atomic E-state index is 12.7. The molecular formula is C17H20FN3O2. The van der Waals surface area contributed by atoms with Gasteiger partial charge in [-0.2, -0.15) is 0 Å². The van der Waals surface area contributed by atoms with Gasteiger partial charge in [-0.25, -0.2) is 4.39 Å². The lowest BCUT2D eigenvalue weighted by molar-refractivity contribution is 0.0303. The molecule has 5 nitrogen and oxygen atoms in total. The van der Waals surface area contributed by atoms with Gasteiger partial charge in [0.15, 0.2) is 0 Å². The molecule has 0 saturated carbocycles. The van der Waals surface area contributed by atoms with Gasteiger partial charge < -0.3 is 19.9 Å². The number of hydrogen-bond acceptors (Lipinski definition) is 3. The van der Waals surface area contributed by atoms with Crippen molar-refractivity contribution < 1.29 is 13.9 Å². The number of halogens is 1. The Balaban J connectivity index is 1.84. The minimum Gasteiger partial charge on any atom is -0.378 e. The van der Waals surface area contributed by atoms with Crippen LogP contribution in [-0.4, -0.2) is 48.2 Å². The number of nitrogens with two attached hydrogens (primary N) is 1. The topological polar surface area (TPSA) is 60.5 Å². The number of benzene rings is 1. The summed E-state index contributed by atoms with van der Waals surface area (Å²) >= 11 is 0. The van der Waals surface area contributed by atoms with Crippen LogP contribution < -0.4 is 5.73 Å². The van der Waals surface area contributed by atoms with Crippen molar-refractivity contribution in [3.8, 4) is 0 Å². The standard InChI is InChI=1S/C17H20FN3O2/c18-10-13(11-19)12-21-4-3-14-9-15(1-2-16(14)21)17(22)20-5-7-23-8-6-20/h1-4,9-10H,5-8,11-12,19H2/b13-10+. The summed E-state index contributed by atoms with van der Waals surface area (Å²) in [5.74, 6) is 0.0225. The first-order valence-corrected chi connectivity index (χ1v) is 7.67. The van der Waals surface area contributed by atoms with Gasteiger partial charge in [-0.05, 0) is 29.8 Å². The van der Waals surface area contributed by atoms with Crippen LogP contribution in [0.5, 0.6) is 0 Å². The molecule has 1 aliphatic rings. The van der Waals surface area contributed by atoms with Gasteiger partial charge in [0, 0.05) is 48.8 Å². The molecule has 0 spiro atoms. The molecule has 1 aromatic heterocycles. The van der Waals surface area contributed by atoms with E-state index in [1.165, 1.54) is 0 Å². The number of hydrogen-bond donors (Lipinski definition) is 1. The average molecular weight is 317 g/mol. The Morgan fingerprint density at radius 2 is 2.09 bits per heavy atom. The van der Waals surface area contributed by atoms with Crippen LogP contribution in [0.1, 0.15) is 10.4 Å². The Morgan fingerprint density at radius 3 is 2.78 bits per heavy atom. The lowest BCUT2D eigenvalue weighted by atomic mass is 10.1. The van der Waals surface area contributed by atoms with Crippen LogP contribution in [-0.2, 0) is 11.3 Å². The molecule has 0 radical (unpaired) electrons. The highest BCUT2D eigenvalue weighted by Gasteiger charge is 2.19. The van der Waals surface area contributed by atoms with E-state index in [0.29, 0.717) is 50.3 Å². The second-order valence-corrected chi connectivity index (χ2v) is 5.59. The van der Waals surface area contributed by atoms with E-state index in [-0.39, 0.29) is 12.5 Å². The Kier molecular flexibility index (Phi) is 4.73. The van der Waals surface area contributed by atoms with Gasteiger partial charge in [0.2, 0.25) is 0 Å². The normalized spacial score (nSPS) is 16.1. The van der Waals surface area contributed by atoms with Crippen molar-refractivity contribution in [2.75, 3.05) is 32.8 Å². The zero-order chi connectivity index (χ0) is 16.2. The third kappa shape index (κ3) is 3.28. The van der Waals surface area contributed by atoms with E-state index in [2.05, 4.69) is 0 Å². The van der Waals surface area contributed by atoms with Crippen LogP contribution >= 0.6 is 0 Å². The highest BCUT2D eigenvalue weighted by Crippen LogP contribution is 2.20. The minimum atomic E-state index is 0.0225. The predicted molar refractivity (Wildman–Crippen MR) is 86.9 cm³/mol. The van der Waals surface area contributed by atoms with Crippen LogP contribution in [0.2, 0.25) is 0 Å². The van der Waals surface area contributed by atoms with E-state index in [9.17, 15) is 9.18 Å². The van der Waals surface area contributed by atoms with Crippen molar-refractivity contribution in [2.24, 2.45) is 5.73 Å². The van der Waals surface area contributed by atoms with E-state index in [1.54, 1.807) is 4.90 Å². The van der Waals surface area contributed by atoms with Crippen molar-refractivity contribution in [2.45, 2.75) is 6.54 Å². The zero-order valence-corrected chi connectivity index (χ0v) is 12.9. The molecule has 1 saturated heterocycles. The van der Waals surface area contributed by atoms with Crippen molar-refractivity contribution in [1.82, 2.24) is 9.47 Å². The van der Waals surface area contributed by atoms with Crippen LogP contribution in [0.15, 0.2) is 42.4 Å². The molecule has 6 heteroatoms. The Bertz CT molecular complexity index is 733. The lowest BCUT2D eigenvalue weighted by Crippen LogP contribution is -2.40. The molecule has 1 aromatic carbocycles. The predicted octanol–water partition coefficient (Wildman–Crippen LogP) is 1.93. The van der Waals surface area contributed by atoms with Gasteiger partial charge in [-0.1, -0.05) is 0 Å². The van der Waals surface area contributed by atoms with Gasteiger partial charge >= 0.3 is 0 Å². The fraction of sp³-hybridized carbons (Fsp3) is 0.353. The first kappa shape index (κ1) is 15.7. The van der Waals surface area contributed by atoms with E-state index in [4.69, 9.17) is 10.5 Å². The summed E-state index contributed by atoms with van der Waals surface area (Å²) in [7, 11) is 0. The largest absolute Gasteiger partial charge is 0.378 e.